The molecule has 0 radical (unpaired) electrons. The SMILES string of the molecule is COC(=O)NC(C(=O)O)C1C2COCC21. The number of alkyl carbamates (subject to hydrolysis) is 1. The van der Waals surface area contributed by atoms with Crippen molar-refractivity contribution < 1.29 is 24.2 Å². The molecule has 84 valence electrons. The maximum Gasteiger partial charge on any atom is 0.407 e. The summed E-state index contributed by atoms with van der Waals surface area (Å²) in [5.41, 5.74) is 0. The first kappa shape index (κ1) is 10.2. The van der Waals surface area contributed by atoms with E-state index in [-0.39, 0.29) is 17.8 Å². The van der Waals surface area contributed by atoms with Gasteiger partial charge in [-0.2, -0.15) is 0 Å². The van der Waals surface area contributed by atoms with Crippen LogP contribution in [0.15, 0.2) is 0 Å². The Hall–Kier alpha value is -1.30. The second-order valence-corrected chi connectivity index (χ2v) is 3.89. The van der Waals surface area contributed by atoms with E-state index >= 15 is 0 Å². The molecule has 1 aliphatic heterocycles. The number of nitrogens with one attached hydrogen (secondary N) is 1. The molecule has 3 atom stereocenters. The van der Waals surface area contributed by atoms with Crippen LogP contribution >= 0.6 is 0 Å². The molecule has 1 saturated heterocycles. The van der Waals surface area contributed by atoms with Crippen LogP contribution in [0.2, 0.25) is 0 Å². The number of aliphatic carboxylic acids is 1. The quantitative estimate of drug-likeness (QED) is 0.674. The Morgan fingerprint density at radius 2 is 2.07 bits per heavy atom. The van der Waals surface area contributed by atoms with E-state index < -0.39 is 18.1 Å². The van der Waals surface area contributed by atoms with Crippen LogP contribution in [0, 0.1) is 17.8 Å². The summed E-state index contributed by atoms with van der Waals surface area (Å²) in [5.74, 6) is -0.457. The van der Waals surface area contributed by atoms with Crippen molar-refractivity contribution in [1.82, 2.24) is 5.32 Å². The van der Waals surface area contributed by atoms with E-state index in [4.69, 9.17) is 9.84 Å². The first-order valence-electron chi connectivity index (χ1n) is 4.80. The maximum atomic E-state index is 11.0. The minimum atomic E-state index is -1.01. The highest BCUT2D eigenvalue weighted by Gasteiger charge is 2.59. The zero-order chi connectivity index (χ0) is 11.0. The minimum absolute atomic E-state index is 0.00431. The predicted molar refractivity (Wildman–Crippen MR) is 48.3 cm³/mol. The van der Waals surface area contributed by atoms with Gasteiger partial charge >= 0.3 is 12.1 Å². The Morgan fingerprint density at radius 3 is 2.53 bits per heavy atom. The highest BCUT2D eigenvalue weighted by Crippen LogP contribution is 2.52. The first-order chi connectivity index (χ1) is 7.15. The van der Waals surface area contributed by atoms with Gasteiger partial charge in [0.25, 0.3) is 0 Å². The molecular weight excluding hydrogens is 202 g/mol. The summed E-state index contributed by atoms with van der Waals surface area (Å²) in [5, 5.41) is 11.3. The first-order valence-corrected chi connectivity index (χ1v) is 4.80. The number of amides is 1. The molecule has 2 N–H and O–H groups in total. The molecule has 2 aliphatic rings. The zero-order valence-corrected chi connectivity index (χ0v) is 8.30. The largest absolute Gasteiger partial charge is 0.480 e. The molecular formula is C9H13NO5. The van der Waals surface area contributed by atoms with E-state index in [2.05, 4.69) is 10.1 Å². The predicted octanol–water partition coefficient (Wildman–Crippen LogP) is -0.312. The summed E-state index contributed by atoms with van der Waals surface area (Å²) < 4.78 is 9.55. The third-order valence-electron chi connectivity index (χ3n) is 3.13. The van der Waals surface area contributed by atoms with Crippen LogP contribution in [-0.4, -0.2) is 43.5 Å². The number of carbonyl (C=O) groups excluding carboxylic acids is 1. The molecule has 6 nitrogen and oxygen atoms in total. The number of methoxy groups -OCH3 is 1. The third kappa shape index (κ3) is 1.77. The second-order valence-electron chi connectivity index (χ2n) is 3.89. The van der Waals surface area contributed by atoms with Crippen molar-refractivity contribution in [1.29, 1.82) is 0 Å². The Bertz CT molecular complexity index is 282. The van der Waals surface area contributed by atoms with Crippen molar-refractivity contribution in [3.8, 4) is 0 Å². The van der Waals surface area contributed by atoms with Gasteiger partial charge in [-0.25, -0.2) is 9.59 Å². The van der Waals surface area contributed by atoms with E-state index in [0.29, 0.717) is 13.2 Å². The van der Waals surface area contributed by atoms with Crippen molar-refractivity contribution in [2.24, 2.45) is 17.8 Å². The molecule has 2 rings (SSSR count). The monoisotopic (exact) mass is 215 g/mol. The fraction of sp³-hybridized carbons (Fsp3) is 0.778. The summed E-state index contributed by atoms with van der Waals surface area (Å²) in [4.78, 5) is 21.9. The number of hydrogen-bond acceptors (Lipinski definition) is 4. The van der Waals surface area contributed by atoms with Crippen LogP contribution in [0.25, 0.3) is 0 Å². The molecule has 6 heteroatoms. The van der Waals surface area contributed by atoms with Crippen molar-refractivity contribution in [2.45, 2.75) is 6.04 Å². The second kappa shape index (κ2) is 3.69. The number of ether oxygens (including phenoxy) is 2. The molecule has 1 saturated carbocycles. The Kier molecular flexibility index (Phi) is 2.52. The number of carboxylic acid groups (broad SMARTS) is 1. The summed E-state index contributed by atoms with van der Waals surface area (Å²) in [6.07, 6.45) is -0.701. The fourth-order valence-electron chi connectivity index (χ4n) is 2.29. The van der Waals surface area contributed by atoms with E-state index in [1.54, 1.807) is 0 Å². The van der Waals surface area contributed by atoms with Gasteiger partial charge in [0.05, 0.1) is 20.3 Å². The summed E-state index contributed by atoms with van der Waals surface area (Å²) >= 11 is 0. The number of carboxylic acids is 1. The van der Waals surface area contributed by atoms with Crippen molar-refractivity contribution in [3.63, 3.8) is 0 Å². The smallest absolute Gasteiger partial charge is 0.407 e. The highest BCUT2D eigenvalue weighted by atomic mass is 16.5. The highest BCUT2D eigenvalue weighted by molar-refractivity contribution is 5.80. The molecule has 2 fully saturated rings. The molecule has 1 amide bonds. The lowest BCUT2D eigenvalue weighted by Gasteiger charge is -2.15. The van der Waals surface area contributed by atoms with Crippen LogP contribution in [0.5, 0.6) is 0 Å². The number of hydrogen-bond donors (Lipinski definition) is 2. The lowest BCUT2D eigenvalue weighted by molar-refractivity contribution is -0.140. The van der Waals surface area contributed by atoms with Crippen molar-refractivity contribution in [3.05, 3.63) is 0 Å². The number of rotatable bonds is 3. The number of fused-ring (bicyclic) bond motifs is 1. The molecule has 0 aromatic rings. The van der Waals surface area contributed by atoms with Crippen molar-refractivity contribution >= 4 is 12.1 Å². The summed E-state index contributed by atoms with van der Waals surface area (Å²) in [7, 11) is 1.21. The normalized spacial score (nSPS) is 34.1. The lowest BCUT2D eigenvalue weighted by atomic mass is 10.1. The van der Waals surface area contributed by atoms with Gasteiger partial charge in [0.2, 0.25) is 0 Å². The van der Waals surface area contributed by atoms with E-state index in [0.717, 1.165) is 0 Å². The molecule has 1 heterocycles. The minimum Gasteiger partial charge on any atom is -0.480 e. The molecule has 1 aliphatic carbocycles. The maximum absolute atomic E-state index is 11.0. The van der Waals surface area contributed by atoms with Gasteiger partial charge in [-0.1, -0.05) is 0 Å². The topological polar surface area (TPSA) is 84.9 Å². The standard InChI is InChI=1S/C9H13NO5/c1-14-9(13)10-7(8(11)12)6-4-2-15-3-5(4)6/h4-7H,2-3H2,1H3,(H,10,13)(H,11,12). The van der Waals surface area contributed by atoms with Gasteiger partial charge in [-0.3, -0.25) is 0 Å². The van der Waals surface area contributed by atoms with E-state index in [1.807, 2.05) is 0 Å². The Labute approximate surface area is 86.5 Å². The van der Waals surface area contributed by atoms with Gasteiger partial charge in [-0.15, -0.1) is 0 Å². The van der Waals surface area contributed by atoms with Crippen LogP contribution < -0.4 is 5.32 Å². The molecule has 0 aromatic carbocycles. The summed E-state index contributed by atoms with van der Waals surface area (Å²) in [6, 6.07) is -0.851. The van der Waals surface area contributed by atoms with Crippen molar-refractivity contribution in [2.75, 3.05) is 20.3 Å². The zero-order valence-electron chi connectivity index (χ0n) is 8.30. The van der Waals surface area contributed by atoms with Gasteiger partial charge in [0, 0.05) is 5.92 Å². The van der Waals surface area contributed by atoms with Crippen LogP contribution in [0.4, 0.5) is 4.79 Å². The molecule has 0 bridgehead atoms. The van der Waals surface area contributed by atoms with Gasteiger partial charge in [0.15, 0.2) is 0 Å². The lowest BCUT2D eigenvalue weighted by Crippen LogP contribution is -2.43. The van der Waals surface area contributed by atoms with Crippen LogP contribution in [0.1, 0.15) is 0 Å². The third-order valence-corrected chi connectivity index (χ3v) is 3.13. The van der Waals surface area contributed by atoms with Gasteiger partial charge in [-0.05, 0) is 11.8 Å². The van der Waals surface area contributed by atoms with E-state index in [1.165, 1.54) is 7.11 Å². The Balaban J connectivity index is 1.96. The van der Waals surface area contributed by atoms with Gasteiger partial charge < -0.3 is 19.9 Å². The number of carbonyl (C=O) groups is 2. The molecule has 0 aromatic heterocycles. The van der Waals surface area contributed by atoms with Gasteiger partial charge in [0.1, 0.15) is 6.04 Å². The average molecular weight is 215 g/mol. The Morgan fingerprint density at radius 1 is 1.47 bits per heavy atom. The summed E-state index contributed by atoms with van der Waals surface area (Å²) in [6.45, 7) is 1.20. The molecule has 3 unspecified atom stereocenters. The van der Waals surface area contributed by atoms with Crippen LogP contribution in [0.3, 0.4) is 0 Å². The van der Waals surface area contributed by atoms with Crippen LogP contribution in [-0.2, 0) is 14.3 Å². The van der Waals surface area contributed by atoms with E-state index in [9.17, 15) is 9.59 Å². The molecule has 15 heavy (non-hydrogen) atoms. The average Bonchev–Trinajstić information content (AvgIpc) is 2.68. The molecule has 0 spiro atoms. The fourth-order valence-corrected chi connectivity index (χ4v) is 2.29.